The van der Waals surface area contributed by atoms with E-state index in [4.69, 9.17) is 15.8 Å². The van der Waals surface area contributed by atoms with Gasteiger partial charge in [0.05, 0.1) is 12.3 Å². The minimum absolute atomic E-state index is 0.160. The molecule has 0 aromatic rings. The molecule has 0 aromatic carbocycles. The van der Waals surface area contributed by atoms with Crippen molar-refractivity contribution in [3.05, 3.63) is 0 Å². The second-order valence-corrected chi connectivity index (χ2v) is 7.56. The molecule has 0 N–H and O–H groups in total. The fourth-order valence-electron chi connectivity index (χ4n) is 2.86. The summed E-state index contributed by atoms with van der Waals surface area (Å²) < 4.78 is 17.1. The van der Waals surface area contributed by atoms with E-state index in [9.17, 15) is 4.57 Å². The molecule has 0 spiro atoms. The van der Waals surface area contributed by atoms with Crippen LogP contribution in [0, 0.1) is 11.8 Å². The molecule has 0 aromatic heterocycles. The van der Waals surface area contributed by atoms with Crippen LogP contribution in [0.2, 0.25) is 0 Å². The van der Waals surface area contributed by atoms with Crippen molar-refractivity contribution in [2.24, 2.45) is 11.8 Å². The summed E-state index contributed by atoms with van der Waals surface area (Å²) in [4.78, 5) is 0. The monoisotopic (exact) mass is 222 g/mol. The van der Waals surface area contributed by atoms with Gasteiger partial charge in [-0.1, -0.05) is 6.42 Å². The standard InChI is InChI=1S/C9H16ClO2P/c1-2-12-13(10,11)9-6-7-3-4-8(9)5-7/h7-9H,2-6H2,1H3/t7-,8+,9+,13?/m0/s1. The van der Waals surface area contributed by atoms with Crippen LogP contribution in [0.4, 0.5) is 0 Å². The fourth-order valence-corrected chi connectivity index (χ4v) is 5.74. The van der Waals surface area contributed by atoms with Crippen LogP contribution in [0.1, 0.15) is 32.6 Å². The number of hydrogen-bond donors (Lipinski definition) is 0. The van der Waals surface area contributed by atoms with Crippen LogP contribution in [-0.4, -0.2) is 12.3 Å². The normalized spacial score (nSPS) is 42.2. The van der Waals surface area contributed by atoms with Gasteiger partial charge in [-0.3, -0.25) is 4.57 Å². The lowest BCUT2D eigenvalue weighted by Gasteiger charge is -2.25. The molecule has 2 nitrogen and oxygen atoms in total. The van der Waals surface area contributed by atoms with Crippen LogP contribution < -0.4 is 0 Å². The maximum atomic E-state index is 11.9. The van der Waals surface area contributed by atoms with Crippen LogP contribution >= 0.6 is 18.0 Å². The Hall–Kier alpha value is 0.480. The predicted octanol–water partition coefficient (Wildman–Crippen LogP) is 3.64. The molecule has 2 bridgehead atoms. The fraction of sp³-hybridized carbons (Fsp3) is 1.00. The third-order valence-corrected chi connectivity index (χ3v) is 6.48. The lowest BCUT2D eigenvalue weighted by molar-refractivity contribution is 0.323. The van der Waals surface area contributed by atoms with Crippen LogP contribution in [-0.2, 0) is 9.09 Å². The first-order chi connectivity index (χ1) is 6.13. The molecule has 13 heavy (non-hydrogen) atoms. The average molecular weight is 223 g/mol. The summed E-state index contributed by atoms with van der Waals surface area (Å²) in [5.41, 5.74) is 0.160. The Morgan fingerprint density at radius 2 is 2.23 bits per heavy atom. The molecule has 0 heterocycles. The molecule has 0 radical (unpaired) electrons. The van der Waals surface area contributed by atoms with E-state index in [2.05, 4.69) is 0 Å². The lowest BCUT2D eigenvalue weighted by atomic mass is 10.0. The lowest BCUT2D eigenvalue weighted by Crippen LogP contribution is -2.16. The molecule has 1 unspecified atom stereocenters. The number of rotatable bonds is 3. The number of hydrogen-bond acceptors (Lipinski definition) is 2. The van der Waals surface area contributed by atoms with Crippen molar-refractivity contribution in [2.75, 3.05) is 6.61 Å². The Bertz CT molecular complexity index is 244. The van der Waals surface area contributed by atoms with E-state index in [1.54, 1.807) is 0 Å². The molecular formula is C9H16ClO2P. The van der Waals surface area contributed by atoms with Crippen molar-refractivity contribution in [3.8, 4) is 0 Å². The summed E-state index contributed by atoms with van der Waals surface area (Å²) in [5, 5.41) is 0. The summed E-state index contributed by atoms with van der Waals surface area (Å²) in [7, 11) is 0. The first-order valence-electron chi connectivity index (χ1n) is 5.07. The first-order valence-corrected chi connectivity index (χ1v) is 7.67. The van der Waals surface area contributed by atoms with E-state index < -0.39 is 6.72 Å². The van der Waals surface area contributed by atoms with Gasteiger partial charge in [0.1, 0.15) is 0 Å². The van der Waals surface area contributed by atoms with E-state index in [-0.39, 0.29) is 5.66 Å². The van der Waals surface area contributed by atoms with Crippen molar-refractivity contribution in [3.63, 3.8) is 0 Å². The zero-order valence-corrected chi connectivity index (χ0v) is 9.56. The molecule has 2 aliphatic carbocycles. The number of fused-ring (bicyclic) bond motifs is 2. The van der Waals surface area contributed by atoms with E-state index >= 15 is 0 Å². The number of halogens is 1. The van der Waals surface area contributed by atoms with Crippen LogP contribution in [0.3, 0.4) is 0 Å². The van der Waals surface area contributed by atoms with Crippen molar-refractivity contribution in [2.45, 2.75) is 38.3 Å². The summed E-state index contributed by atoms with van der Waals surface area (Å²) in [6.45, 7) is -0.494. The van der Waals surface area contributed by atoms with Crippen molar-refractivity contribution < 1.29 is 9.09 Å². The van der Waals surface area contributed by atoms with Gasteiger partial charge < -0.3 is 4.52 Å². The van der Waals surface area contributed by atoms with E-state index in [0.29, 0.717) is 12.5 Å². The summed E-state index contributed by atoms with van der Waals surface area (Å²) in [5.74, 6) is 1.36. The molecule has 2 saturated carbocycles. The Morgan fingerprint density at radius 1 is 1.46 bits per heavy atom. The highest BCUT2D eigenvalue weighted by Crippen LogP contribution is 2.67. The van der Waals surface area contributed by atoms with Crippen molar-refractivity contribution >= 4 is 18.0 Å². The van der Waals surface area contributed by atoms with Gasteiger partial charge in [0, 0.05) is 0 Å². The average Bonchev–Trinajstić information content (AvgIpc) is 2.63. The van der Waals surface area contributed by atoms with Gasteiger partial charge in [0.15, 0.2) is 0 Å². The van der Waals surface area contributed by atoms with Crippen LogP contribution in [0.25, 0.3) is 0 Å². The molecule has 2 aliphatic rings. The summed E-state index contributed by atoms with van der Waals surface area (Å²) in [6.07, 6.45) is 4.78. The SMILES string of the molecule is CCOP(=O)(Cl)[C@@H]1C[C@H]2CC[C@@H]1C2. The van der Waals surface area contributed by atoms with Gasteiger partial charge in [0.25, 0.3) is 6.72 Å². The Morgan fingerprint density at radius 3 is 2.69 bits per heavy atom. The molecular weight excluding hydrogens is 207 g/mol. The van der Waals surface area contributed by atoms with Gasteiger partial charge in [-0.15, -0.1) is 0 Å². The third kappa shape index (κ3) is 1.82. The van der Waals surface area contributed by atoms with Gasteiger partial charge in [0.2, 0.25) is 0 Å². The Kier molecular flexibility index (Phi) is 2.75. The Labute approximate surface area is 84.2 Å². The second-order valence-electron chi connectivity index (χ2n) is 4.18. The molecule has 4 atom stereocenters. The van der Waals surface area contributed by atoms with E-state index in [1.807, 2.05) is 6.92 Å². The van der Waals surface area contributed by atoms with E-state index in [1.165, 1.54) is 19.3 Å². The molecule has 0 aliphatic heterocycles. The van der Waals surface area contributed by atoms with Gasteiger partial charge in [-0.05, 0) is 49.3 Å². The predicted molar refractivity (Wildman–Crippen MR) is 54.3 cm³/mol. The summed E-state index contributed by atoms with van der Waals surface area (Å²) in [6, 6.07) is 0. The largest absolute Gasteiger partial charge is 0.318 e. The van der Waals surface area contributed by atoms with Crippen LogP contribution in [0.15, 0.2) is 0 Å². The highest BCUT2D eigenvalue weighted by Gasteiger charge is 2.48. The van der Waals surface area contributed by atoms with Crippen molar-refractivity contribution in [1.29, 1.82) is 0 Å². The topological polar surface area (TPSA) is 26.3 Å². The Balaban J connectivity index is 2.05. The molecule has 0 saturated heterocycles. The van der Waals surface area contributed by atoms with E-state index in [0.717, 1.165) is 12.3 Å². The van der Waals surface area contributed by atoms with Crippen LogP contribution in [0.5, 0.6) is 0 Å². The highest BCUT2D eigenvalue weighted by atomic mass is 35.7. The quantitative estimate of drug-likeness (QED) is 0.682. The molecule has 0 amide bonds. The summed E-state index contributed by atoms with van der Waals surface area (Å²) >= 11 is 5.97. The minimum atomic E-state index is -2.81. The maximum Gasteiger partial charge on any atom is 0.293 e. The molecule has 4 heteroatoms. The highest BCUT2D eigenvalue weighted by molar-refractivity contribution is 7.85. The molecule has 2 rings (SSSR count). The smallest absolute Gasteiger partial charge is 0.293 e. The third-order valence-electron chi connectivity index (χ3n) is 3.40. The van der Waals surface area contributed by atoms with Gasteiger partial charge in [-0.2, -0.15) is 0 Å². The maximum absolute atomic E-state index is 11.9. The zero-order chi connectivity index (χ0) is 9.47. The zero-order valence-electron chi connectivity index (χ0n) is 7.91. The second kappa shape index (κ2) is 3.56. The first kappa shape index (κ1) is 10.0. The van der Waals surface area contributed by atoms with Crippen molar-refractivity contribution in [1.82, 2.24) is 0 Å². The van der Waals surface area contributed by atoms with Gasteiger partial charge >= 0.3 is 0 Å². The minimum Gasteiger partial charge on any atom is -0.318 e. The molecule has 2 fully saturated rings. The molecule has 76 valence electrons. The van der Waals surface area contributed by atoms with Gasteiger partial charge in [-0.25, -0.2) is 0 Å².